The van der Waals surface area contributed by atoms with Crippen LogP contribution in [0.2, 0.25) is 5.02 Å². The minimum Gasteiger partial charge on any atom is -0.258 e. The van der Waals surface area contributed by atoms with E-state index in [1.807, 2.05) is 0 Å². The molecule has 5 nitrogen and oxygen atoms in total. The highest BCUT2D eigenvalue weighted by Crippen LogP contribution is 2.34. The van der Waals surface area contributed by atoms with Crippen LogP contribution in [0.4, 0.5) is 5.69 Å². The highest BCUT2D eigenvalue weighted by atomic mass is 35.5. The molecule has 1 aromatic heterocycles. The summed E-state index contributed by atoms with van der Waals surface area (Å²) in [7, 11) is 0. The van der Waals surface area contributed by atoms with Gasteiger partial charge in [-0.25, -0.2) is 0 Å². The minimum absolute atomic E-state index is 0.0861. The highest BCUT2D eigenvalue weighted by Gasteiger charge is 2.18. The Balaban J connectivity index is 2.60. The standard InChI is InChI=1S/C8H4ClN3O2S2/c9-4-1-2-5(6(3-4)12(13)14)7-10-11-8(15)16-7/h1-3H,(H,11,15). The molecule has 0 aliphatic rings. The Labute approximate surface area is 105 Å². The molecule has 0 N–H and O–H groups in total. The molecule has 0 bridgehead atoms. The molecule has 0 aliphatic carbocycles. The first kappa shape index (κ1) is 11.3. The lowest BCUT2D eigenvalue weighted by Crippen LogP contribution is -1.91. The molecule has 1 heterocycles. The molecule has 0 amide bonds. The number of nitro groups is 1. The van der Waals surface area contributed by atoms with Gasteiger partial charge in [0.2, 0.25) is 0 Å². The van der Waals surface area contributed by atoms with Crippen LogP contribution in [0.15, 0.2) is 22.5 Å². The van der Waals surface area contributed by atoms with E-state index in [2.05, 4.69) is 22.8 Å². The van der Waals surface area contributed by atoms with Gasteiger partial charge in [-0.3, -0.25) is 10.1 Å². The third-order valence-electron chi connectivity index (χ3n) is 1.80. The normalized spacial score (nSPS) is 10.4. The number of rotatable bonds is 2. The van der Waals surface area contributed by atoms with Crippen molar-refractivity contribution in [3.8, 4) is 10.6 Å². The Kier molecular flexibility index (Phi) is 3.08. The Morgan fingerprint density at radius 3 is 2.75 bits per heavy atom. The largest absolute Gasteiger partial charge is 0.281 e. The van der Waals surface area contributed by atoms with Gasteiger partial charge in [-0.2, -0.15) is 0 Å². The summed E-state index contributed by atoms with van der Waals surface area (Å²) in [5.74, 6) is 0. The van der Waals surface area contributed by atoms with Gasteiger partial charge < -0.3 is 0 Å². The van der Waals surface area contributed by atoms with Gasteiger partial charge >= 0.3 is 0 Å². The minimum atomic E-state index is -0.499. The van der Waals surface area contributed by atoms with E-state index in [4.69, 9.17) is 11.6 Å². The van der Waals surface area contributed by atoms with Gasteiger partial charge in [0.25, 0.3) is 5.69 Å². The monoisotopic (exact) mass is 273 g/mol. The van der Waals surface area contributed by atoms with E-state index in [9.17, 15) is 10.1 Å². The number of thiol groups is 1. The fourth-order valence-electron chi connectivity index (χ4n) is 1.16. The first-order valence-electron chi connectivity index (χ1n) is 4.04. The van der Waals surface area contributed by atoms with Crippen LogP contribution in [-0.4, -0.2) is 15.1 Å². The van der Waals surface area contributed by atoms with Crippen LogP contribution in [0.25, 0.3) is 10.6 Å². The van der Waals surface area contributed by atoms with E-state index >= 15 is 0 Å². The van der Waals surface area contributed by atoms with Crippen LogP contribution >= 0.6 is 35.6 Å². The van der Waals surface area contributed by atoms with Crippen LogP contribution in [0.5, 0.6) is 0 Å². The fourth-order valence-corrected chi connectivity index (χ4v) is 2.25. The van der Waals surface area contributed by atoms with Crippen molar-refractivity contribution in [2.45, 2.75) is 4.34 Å². The van der Waals surface area contributed by atoms with Crippen molar-refractivity contribution in [2.75, 3.05) is 0 Å². The topological polar surface area (TPSA) is 68.9 Å². The number of halogens is 1. The maximum Gasteiger partial charge on any atom is 0.281 e. The summed E-state index contributed by atoms with van der Waals surface area (Å²) in [5, 5.41) is 19.1. The molecule has 2 rings (SSSR count). The number of aromatic nitrogens is 2. The maximum absolute atomic E-state index is 10.8. The van der Waals surface area contributed by atoms with Crippen molar-refractivity contribution >= 4 is 41.3 Å². The summed E-state index contributed by atoms with van der Waals surface area (Å²) in [6, 6.07) is 4.41. The van der Waals surface area contributed by atoms with Crippen LogP contribution in [0.1, 0.15) is 0 Å². The molecule has 0 unspecified atom stereocenters. The van der Waals surface area contributed by atoms with Crippen LogP contribution in [0.3, 0.4) is 0 Å². The number of nitro benzene ring substituents is 1. The highest BCUT2D eigenvalue weighted by molar-refractivity contribution is 7.82. The van der Waals surface area contributed by atoms with Crippen molar-refractivity contribution < 1.29 is 4.92 Å². The number of hydrogen-bond acceptors (Lipinski definition) is 6. The molecule has 0 saturated carbocycles. The summed E-state index contributed by atoms with van der Waals surface area (Å²) in [6.45, 7) is 0. The Bertz CT molecular complexity index is 558. The second-order valence-electron chi connectivity index (χ2n) is 2.81. The lowest BCUT2D eigenvalue weighted by atomic mass is 10.2. The van der Waals surface area contributed by atoms with Crippen LogP contribution < -0.4 is 0 Å². The Morgan fingerprint density at radius 1 is 1.44 bits per heavy atom. The average molecular weight is 274 g/mol. The fraction of sp³-hybridized carbons (Fsp3) is 0. The van der Waals surface area contributed by atoms with E-state index in [1.165, 1.54) is 17.4 Å². The predicted molar refractivity (Wildman–Crippen MR) is 64.3 cm³/mol. The Morgan fingerprint density at radius 2 is 2.19 bits per heavy atom. The van der Waals surface area contributed by atoms with E-state index in [-0.39, 0.29) is 5.69 Å². The first-order chi connectivity index (χ1) is 7.58. The number of benzene rings is 1. The van der Waals surface area contributed by atoms with Crippen molar-refractivity contribution in [1.29, 1.82) is 0 Å². The second-order valence-corrected chi connectivity index (χ2v) is 4.95. The molecule has 1 aromatic carbocycles. The van der Waals surface area contributed by atoms with Gasteiger partial charge in [-0.1, -0.05) is 22.9 Å². The predicted octanol–water partition coefficient (Wildman–Crippen LogP) is 3.06. The van der Waals surface area contributed by atoms with E-state index in [0.29, 0.717) is 19.9 Å². The molecule has 0 atom stereocenters. The molecule has 82 valence electrons. The summed E-state index contributed by atoms with van der Waals surface area (Å²) in [6.07, 6.45) is 0. The molecule has 0 radical (unpaired) electrons. The third-order valence-corrected chi connectivity index (χ3v) is 3.16. The number of nitrogens with zero attached hydrogens (tertiary/aromatic N) is 3. The zero-order valence-corrected chi connectivity index (χ0v) is 10.1. The van der Waals surface area contributed by atoms with Gasteiger partial charge in [0, 0.05) is 11.1 Å². The third kappa shape index (κ3) is 2.16. The van der Waals surface area contributed by atoms with Gasteiger partial charge in [-0.15, -0.1) is 22.8 Å². The Hall–Kier alpha value is -1.18. The lowest BCUT2D eigenvalue weighted by Gasteiger charge is -1.98. The van der Waals surface area contributed by atoms with Gasteiger partial charge in [-0.05, 0) is 12.1 Å². The van der Waals surface area contributed by atoms with Crippen molar-refractivity contribution in [3.63, 3.8) is 0 Å². The molecular weight excluding hydrogens is 270 g/mol. The molecule has 0 saturated heterocycles. The average Bonchev–Trinajstić information content (AvgIpc) is 2.64. The van der Waals surface area contributed by atoms with Gasteiger partial charge in [0.05, 0.1) is 10.5 Å². The van der Waals surface area contributed by atoms with Crippen molar-refractivity contribution in [3.05, 3.63) is 33.3 Å². The lowest BCUT2D eigenvalue weighted by molar-refractivity contribution is -0.384. The van der Waals surface area contributed by atoms with E-state index in [0.717, 1.165) is 0 Å². The van der Waals surface area contributed by atoms with Gasteiger partial charge in [0.15, 0.2) is 9.35 Å². The van der Waals surface area contributed by atoms with E-state index in [1.54, 1.807) is 12.1 Å². The second kappa shape index (κ2) is 4.36. The summed E-state index contributed by atoms with van der Waals surface area (Å²) < 4.78 is 0.458. The molecular formula is C8H4ClN3O2S2. The number of hydrogen-bond donors (Lipinski definition) is 1. The maximum atomic E-state index is 10.8. The summed E-state index contributed by atoms with van der Waals surface area (Å²) >= 11 is 10.9. The van der Waals surface area contributed by atoms with E-state index < -0.39 is 4.92 Å². The quantitative estimate of drug-likeness (QED) is 0.519. The SMILES string of the molecule is O=[N+]([O-])c1cc(Cl)ccc1-c1nnc(S)s1. The first-order valence-corrected chi connectivity index (χ1v) is 5.69. The zero-order chi connectivity index (χ0) is 11.7. The van der Waals surface area contributed by atoms with Crippen LogP contribution in [0, 0.1) is 10.1 Å². The van der Waals surface area contributed by atoms with Gasteiger partial charge in [0.1, 0.15) is 0 Å². The smallest absolute Gasteiger partial charge is 0.258 e. The van der Waals surface area contributed by atoms with Crippen molar-refractivity contribution in [1.82, 2.24) is 10.2 Å². The molecule has 0 aliphatic heterocycles. The zero-order valence-electron chi connectivity index (χ0n) is 7.62. The molecule has 16 heavy (non-hydrogen) atoms. The molecule has 8 heteroatoms. The summed E-state index contributed by atoms with van der Waals surface area (Å²) in [4.78, 5) is 10.3. The summed E-state index contributed by atoms with van der Waals surface area (Å²) in [5.41, 5.74) is 0.309. The molecule has 2 aromatic rings. The van der Waals surface area contributed by atoms with Crippen molar-refractivity contribution in [2.24, 2.45) is 0 Å². The molecule has 0 spiro atoms. The van der Waals surface area contributed by atoms with Crippen LogP contribution in [-0.2, 0) is 0 Å². The molecule has 0 fully saturated rings.